The number of amides is 1. The highest BCUT2D eigenvalue weighted by atomic mass is 32.1. The highest BCUT2D eigenvalue weighted by Gasteiger charge is 2.27. The Bertz CT molecular complexity index is 686. The highest BCUT2D eigenvalue weighted by molar-refractivity contribution is 7.13. The predicted octanol–water partition coefficient (Wildman–Crippen LogP) is 1.31. The number of fused-ring (bicyclic) bond motifs is 1. The minimum Gasteiger partial charge on any atom is -0.488 e. The van der Waals surface area contributed by atoms with Crippen LogP contribution in [-0.2, 0) is 6.42 Å². The van der Waals surface area contributed by atoms with Gasteiger partial charge in [-0.3, -0.25) is 4.79 Å². The molecule has 1 atom stereocenters. The van der Waals surface area contributed by atoms with Gasteiger partial charge in [-0.2, -0.15) is 0 Å². The molecule has 1 amide bonds. The quantitative estimate of drug-likeness (QED) is 0.892. The first kappa shape index (κ1) is 13.0. The van der Waals surface area contributed by atoms with E-state index in [1.807, 2.05) is 0 Å². The Morgan fingerprint density at radius 1 is 1.55 bits per heavy atom. The fourth-order valence-electron chi connectivity index (χ4n) is 2.20. The molecule has 2 heterocycles. The smallest absolute Gasteiger partial charge is 0.268 e. The van der Waals surface area contributed by atoms with Crippen LogP contribution in [0.4, 0.5) is 4.39 Å². The fraction of sp³-hybridized carbons (Fsp3) is 0.231. The lowest BCUT2D eigenvalue weighted by Gasteiger charge is -2.09. The van der Waals surface area contributed by atoms with E-state index in [1.165, 1.54) is 23.5 Å². The average molecular weight is 293 g/mol. The standard InChI is InChI=1S/C13H12FN3O2S/c14-7-1-6-2-8(4-15)19-11(6)9(3-7)13-17-10(5-20-13)12(16)18/h1,3,5,8H,2,4,15H2,(H2,16,18). The predicted molar refractivity (Wildman–Crippen MR) is 73.2 cm³/mol. The molecular formula is C13H12FN3O2S. The van der Waals surface area contributed by atoms with Crippen molar-refractivity contribution < 1.29 is 13.9 Å². The summed E-state index contributed by atoms with van der Waals surface area (Å²) in [6.45, 7) is 0.361. The van der Waals surface area contributed by atoms with Crippen molar-refractivity contribution in [1.82, 2.24) is 4.98 Å². The van der Waals surface area contributed by atoms with Crippen molar-refractivity contribution in [2.75, 3.05) is 6.54 Å². The van der Waals surface area contributed by atoms with Gasteiger partial charge in [0.25, 0.3) is 5.91 Å². The molecule has 4 N–H and O–H groups in total. The summed E-state index contributed by atoms with van der Waals surface area (Å²) in [5.41, 5.74) is 12.2. The molecular weight excluding hydrogens is 281 g/mol. The van der Waals surface area contributed by atoms with Gasteiger partial charge in [-0.1, -0.05) is 0 Å². The Kier molecular flexibility index (Phi) is 3.15. The van der Waals surface area contributed by atoms with Crippen LogP contribution >= 0.6 is 11.3 Å². The van der Waals surface area contributed by atoms with Crippen molar-refractivity contribution in [3.8, 4) is 16.3 Å². The second kappa shape index (κ2) is 4.84. The topological polar surface area (TPSA) is 91.2 Å². The summed E-state index contributed by atoms with van der Waals surface area (Å²) in [6.07, 6.45) is 0.422. The zero-order valence-electron chi connectivity index (χ0n) is 10.4. The van der Waals surface area contributed by atoms with Gasteiger partial charge in [0.2, 0.25) is 0 Å². The summed E-state index contributed by atoms with van der Waals surface area (Å²) < 4.78 is 19.4. The number of primary amides is 1. The zero-order chi connectivity index (χ0) is 14.3. The summed E-state index contributed by atoms with van der Waals surface area (Å²) in [5, 5.41) is 2.05. The Balaban J connectivity index is 2.08. The van der Waals surface area contributed by atoms with E-state index in [-0.39, 0.29) is 17.6 Å². The molecule has 3 rings (SSSR count). The van der Waals surface area contributed by atoms with E-state index in [2.05, 4.69) is 4.98 Å². The van der Waals surface area contributed by atoms with Crippen LogP contribution in [0.3, 0.4) is 0 Å². The van der Waals surface area contributed by atoms with Crippen molar-refractivity contribution in [3.05, 3.63) is 34.6 Å². The van der Waals surface area contributed by atoms with Gasteiger partial charge in [0.15, 0.2) is 0 Å². The van der Waals surface area contributed by atoms with Crippen LogP contribution in [0.25, 0.3) is 10.6 Å². The number of rotatable bonds is 3. The highest BCUT2D eigenvalue weighted by Crippen LogP contribution is 2.40. The Hall–Kier alpha value is -1.99. The third kappa shape index (κ3) is 2.14. The molecule has 0 aliphatic carbocycles. The normalized spacial score (nSPS) is 16.8. The minimum atomic E-state index is -0.610. The molecule has 1 aliphatic rings. The van der Waals surface area contributed by atoms with E-state index >= 15 is 0 Å². The molecule has 1 aliphatic heterocycles. The summed E-state index contributed by atoms with van der Waals surface area (Å²) in [6, 6.07) is 2.79. The third-order valence-electron chi connectivity index (χ3n) is 3.11. The second-order valence-corrected chi connectivity index (χ2v) is 5.38. The summed E-state index contributed by atoms with van der Waals surface area (Å²) >= 11 is 1.22. The number of nitrogens with zero attached hydrogens (tertiary/aromatic N) is 1. The van der Waals surface area contributed by atoms with E-state index in [9.17, 15) is 9.18 Å². The molecule has 0 radical (unpaired) electrons. The molecule has 0 saturated heterocycles. The maximum absolute atomic E-state index is 13.7. The molecule has 104 valence electrons. The molecule has 1 aromatic heterocycles. The minimum absolute atomic E-state index is 0.152. The van der Waals surface area contributed by atoms with Crippen LogP contribution in [0.2, 0.25) is 0 Å². The first-order valence-electron chi connectivity index (χ1n) is 6.03. The number of thiazole rings is 1. The van der Waals surface area contributed by atoms with Gasteiger partial charge < -0.3 is 16.2 Å². The summed E-state index contributed by atoms with van der Waals surface area (Å²) in [7, 11) is 0. The number of carbonyl (C=O) groups is 1. The first-order valence-corrected chi connectivity index (χ1v) is 6.91. The lowest BCUT2D eigenvalue weighted by atomic mass is 10.1. The van der Waals surface area contributed by atoms with E-state index in [4.69, 9.17) is 16.2 Å². The molecule has 5 nitrogen and oxygen atoms in total. The lowest BCUT2D eigenvalue weighted by Crippen LogP contribution is -2.24. The van der Waals surface area contributed by atoms with Crippen LogP contribution < -0.4 is 16.2 Å². The van der Waals surface area contributed by atoms with Crippen LogP contribution in [0.1, 0.15) is 16.1 Å². The molecule has 7 heteroatoms. The van der Waals surface area contributed by atoms with Gasteiger partial charge in [-0.15, -0.1) is 11.3 Å². The molecule has 1 unspecified atom stereocenters. The maximum Gasteiger partial charge on any atom is 0.268 e. The van der Waals surface area contributed by atoms with Gasteiger partial charge in [0, 0.05) is 23.9 Å². The number of nitrogens with two attached hydrogens (primary N) is 2. The number of carbonyl (C=O) groups excluding carboxylic acids is 1. The Labute approximate surface area is 118 Å². The largest absolute Gasteiger partial charge is 0.488 e. The Morgan fingerprint density at radius 3 is 3.00 bits per heavy atom. The van der Waals surface area contributed by atoms with Crippen LogP contribution in [0, 0.1) is 5.82 Å². The van der Waals surface area contributed by atoms with Gasteiger partial charge in [0.05, 0.1) is 5.56 Å². The van der Waals surface area contributed by atoms with Gasteiger partial charge in [-0.25, -0.2) is 9.37 Å². The van der Waals surface area contributed by atoms with Crippen LogP contribution in [-0.4, -0.2) is 23.5 Å². The lowest BCUT2D eigenvalue weighted by molar-refractivity contribution is 0.0996. The molecule has 20 heavy (non-hydrogen) atoms. The van der Waals surface area contributed by atoms with Crippen molar-refractivity contribution in [2.24, 2.45) is 11.5 Å². The monoisotopic (exact) mass is 293 g/mol. The van der Waals surface area contributed by atoms with Crippen molar-refractivity contribution >= 4 is 17.2 Å². The first-order chi connectivity index (χ1) is 9.58. The zero-order valence-corrected chi connectivity index (χ0v) is 11.2. The molecule has 0 saturated carbocycles. The third-order valence-corrected chi connectivity index (χ3v) is 3.99. The number of hydrogen-bond donors (Lipinski definition) is 2. The van der Waals surface area contributed by atoms with E-state index in [1.54, 1.807) is 5.38 Å². The van der Waals surface area contributed by atoms with E-state index in [0.29, 0.717) is 29.3 Å². The van der Waals surface area contributed by atoms with Crippen molar-refractivity contribution in [2.45, 2.75) is 12.5 Å². The second-order valence-electron chi connectivity index (χ2n) is 4.52. The van der Waals surface area contributed by atoms with Gasteiger partial charge >= 0.3 is 0 Å². The van der Waals surface area contributed by atoms with Gasteiger partial charge in [-0.05, 0) is 12.1 Å². The molecule has 0 spiro atoms. The number of benzene rings is 1. The van der Waals surface area contributed by atoms with E-state index < -0.39 is 5.91 Å². The Morgan fingerprint density at radius 2 is 2.35 bits per heavy atom. The fourth-order valence-corrected chi connectivity index (χ4v) is 3.02. The number of hydrogen-bond acceptors (Lipinski definition) is 5. The molecule has 0 bridgehead atoms. The summed E-state index contributed by atoms with van der Waals surface area (Å²) in [5.74, 6) is -0.385. The maximum atomic E-state index is 13.7. The number of halogens is 1. The van der Waals surface area contributed by atoms with Crippen molar-refractivity contribution in [3.63, 3.8) is 0 Å². The van der Waals surface area contributed by atoms with Crippen LogP contribution in [0.15, 0.2) is 17.5 Å². The molecule has 0 fully saturated rings. The molecule has 2 aromatic rings. The number of aromatic nitrogens is 1. The average Bonchev–Trinajstić information content (AvgIpc) is 3.03. The molecule has 1 aromatic carbocycles. The van der Waals surface area contributed by atoms with Gasteiger partial charge in [0.1, 0.15) is 28.4 Å². The summed E-state index contributed by atoms with van der Waals surface area (Å²) in [4.78, 5) is 15.2. The van der Waals surface area contributed by atoms with Crippen LogP contribution in [0.5, 0.6) is 5.75 Å². The SMILES string of the molecule is NCC1Cc2cc(F)cc(-c3nc(C(N)=O)cs3)c2O1. The number of ether oxygens (including phenoxy) is 1. The van der Waals surface area contributed by atoms with Crippen molar-refractivity contribution in [1.29, 1.82) is 0 Å². The van der Waals surface area contributed by atoms with E-state index in [0.717, 1.165) is 5.56 Å².